The van der Waals surface area contributed by atoms with Gasteiger partial charge >= 0.3 is 0 Å². The summed E-state index contributed by atoms with van der Waals surface area (Å²) in [4.78, 5) is 26.5. The molecule has 1 saturated heterocycles. The molecule has 28 heavy (non-hydrogen) atoms. The molecule has 1 fully saturated rings. The summed E-state index contributed by atoms with van der Waals surface area (Å²) in [6.45, 7) is 10.2. The molecule has 2 amide bonds. The zero-order valence-corrected chi connectivity index (χ0v) is 17.3. The number of benzene rings is 1. The Morgan fingerprint density at radius 2 is 1.61 bits per heavy atom. The molecule has 0 radical (unpaired) electrons. The lowest BCUT2D eigenvalue weighted by molar-refractivity contribution is -0.123. The number of aromatic nitrogens is 1. The van der Waals surface area contributed by atoms with E-state index in [9.17, 15) is 9.59 Å². The third kappa shape index (κ3) is 3.71. The van der Waals surface area contributed by atoms with Crippen LogP contribution in [0.3, 0.4) is 0 Å². The van der Waals surface area contributed by atoms with Gasteiger partial charge in [-0.05, 0) is 81.9 Å². The summed E-state index contributed by atoms with van der Waals surface area (Å²) < 4.78 is 2.11. The zero-order valence-electron chi connectivity index (χ0n) is 16.5. The fourth-order valence-corrected chi connectivity index (χ4v) is 3.68. The second kappa shape index (κ2) is 7.98. The summed E-state index contributed by atoms with van der Waals surface area (Å²) in [7, 11) is 0. The van der Waals surface area contributed by atoms with Crippen LogP contribution in [0.1, 0.15) is 30.8 Å². The lowest BCUT2D eigenvalue weighted by Crippen LogP contribution is -2.51. The Balaban J connectivity index is 1.97. The Bertz CT molecular complexity index is 947. The van der Waals surface area contributed by atoms with Crippen molar-refractivity contribution in [3.05, 3.63) is 52.9 Å². The van der Waals surface area contributed by atoms with Gasteiger partial charge in [0.2, 0.25) is 0 Å². The van der Waals surface area contributed by atoms with Gasteiger partial charge in [0, 0.05) is 35.9 Å². The first-order chi connectivity index (χ1) is 13.3. The molecule has 0 saturated carbocycles. The highest BCUT2D eigenvalue weighted by molar-refractivity contribution is 7.80. The van der Waals surface area contributed by atoms with Crippen molar-refractivity contribution in [1.29, 1.82) is 0 Å². The molecule has 2 N–H and O–H groups in total. The maximum absolute atomic E-state index is 12.1. The number of hydrogen-bond donors (Lipinski definition) is 2. The summed E-state index contributed by atoms with van der Waals surface area (Å²) in [6, 6.07) is 10.4. The van der Waals surface area contributed by atoms with Crippen LogP contribution in [0, 0.1) is 13.8 Å². The topological polar surface area (TPSA) is 66.4 Å². The van der Waals surface area contributed by atoms with Crippen LogP contribution >= 0.6 is 12.2 Å². The van der Waals surface area contributed by atoms with E-state index in [-0.39, 0.29) is 10.7 Å². The molecular weight excluding hydrogens is 372 g/mol. The van der Waals surface area contributed by atoms with E-state index in [1.54, 1.807) is 6.08 Å². The van der Waals surface area contributed by atoms with Gasteiger partial charge in [0.05, 0.1) is 0 Å². The van der Waals surface area contributed by atoms with Gasteiger partial charge in [0.1, 0.15) is 5.57 Å². The molecule has 0 spiro atoms. The van der Waals surface area contributed by atoms with Crippen molar-refractivity contribution in [3.63, 3.8) is 0 Å². The number of nitrogens with zero attached hydrogens (tertiary/aromatic N) is 2. The van der Waals surface area contributed by atoms with Crippen LogP contribution in [-0.4, -0.2) is 34.6 Å². The molecule has 1 aromatic heterocycles. The molecule has 146 valence electrons. The number of carbonyl (C=O) groups is 2. The lowest BCUT2D eigenvalue weighted by atomic mass is 10.1. The first-order valence-corrected chi connectivity index (χ1v) is 9.69. The standard InChI is InChI=1S/C21H24N4O2S/c1-5-24(6-2)16-7-9-17(10-8-16)25-13(3)11-15(14(25)4)12-18-19(26)22-21(28)23-20(18)27/h7-12H,5-6H2,1-4H3,(H2,22,23,26,27,28). The van der Waals surface area contributed by atoms with E-state index >= 15 is 0 Å². The van der Waals surface area contributed by atoms with Crippen molar-refractivity contribution in [2.45, 2.75) is 27.7 Å². The van der Waals surface area contributed by atoms with Crippen LogP contribution in [0.25, 0.3) is 11.8 Å². The predicted octanol–water partition coefficient (Wildman–Crippen LogP) is 2.85. The number of amides is 2. The normalized spacial score (nSPS) is 14.0. The molecule has 0 unspecified atom stereocenters. The molecule has 7 heteroatoms. The molecular formula is C21H24N4O2S. The quantitative estimate of drug-likeness (QED) is 0.463. The van der Waals surface area contributed by atoms with Crippen molar-refractivity contribution < 1.29 is 9.59 Å². The zero-order chi connectivity index (χ0) is 20.4. The number of hydrogen-bond acceptors (Lipinski definition) is 4. The van der Waals surface area contributed by atoms with E-state index in [0.29, 0.717) is 0 Å². The molecule has 6 nitrogen and oxygen atoms in total. The van der Waals surface area contributed by atoms with Crippen LogP contribution in [0.5, 0.6) is 0 Å². The summed E-state index contributed by atoms with van der Waals surface area (Å²) in [5.74, 6) is -0.968. The average molecular weight is 397 g/mol. The molecule has 0 atom stereocenters. The molecule has 1 aliphatic heterocycles. The van der Waals surface area contributed by atoms with Gasteiger partial charge in [-0.1, -0.05) is 0 Å². The van der Waals surface area contributed by atoms with Gasteiger partial charge in [0.25, 0.3) is 11.8 Å². The smallest absolute Gasteiger partial charge is 0.263 e. The van der Waals surface area contributed by atoms with Gasteiger partial charge in [-0.15, -0.1) is 0 Å². The van der Waals surface area contributed by atoms with Crippen molar-refractivity contribution in [3.8, 4) is 5.69 Å². The van der Waals surface area contributed by atoms with E-state index in [4.69, 9.17) is 12.2 Å². The predicted molar refractivity (Wildman–Crippen MR) is 116 cm³/mol. The molecule has 3 rings (SSSR count). The largest absolute Gasteiger partial charge is 0.372 e. The Morgan fingerprint density at radius 3 is 2.14 bits per heavy atom. The van der Waals surface area contributed by atoms with Gasteiger partial charge in [-0.3, -0.25) is 20.2 Å². The van der Waals surface area contributed by atoms with Gasteiger partial charge < -0.3 is 9.47 Å². The van der Waals surface area contributed by atoms with Crippen molar-refractivity contribution in [2.75, 3.05) is 18.0 Å². The first-order valence-electron chi connectivity index (χ1n) is 9.28. The van der Waals surface area contributed by atoms with Crippen LogP contribution in [0.4, 0.5) is 5.69 Å². The average Bonchev–Trinajstić information content (AvgIpc) is 2.93. The maximum atomic E-state index is 12.1. The van der Waals surface area contributed by atoms with Crippen molar-refractivity contribution in [1.82, 2.24) is 15.2 Å². The fourth-order valence-electron chi connectivity index (χ4n) is 3.49. The molecule has 1 aliphatic rings. The minimum Gasteiger partial charge on any atom is -0.372 e. The van der Waals surface area contributed by atoms with Crippen LogP contribution < -0.4 is 15.5 Å². The number of thiocarbonyl (C=S) groups is 1. The molecule has 0 bridgehead atoms. The lowest BCUT2D eigenvalue weighted by Gasteiger charge is -2.21. The number of rotatable bonds is 5. The van der Waals surface area contributed by atoms with E-state index in [1.807, 2.05) is 19.9 Å². The highest BCUT2D eigenvalue weighted by Gasteiger charge is 2.26. The van der Waals surface area contributed by atoms with Crippen LogP contribution in [-0.2, 0) is 9.59 Å². The Labute approximate surface area is 170 Å². The Morgan fingerprint density at radius 1 is 1.04 bits per heavy atom. The number of carbonyl (C=O) groups excluding carboxylic acids is 2. The molecule has 1 aromatic carbocycles. The SMILES string of the molecule is CCN(CC)c1ccc(-n2c(C)cc(C=C3C(=O)NC(=S)NC3=O)c2C)cc1. The van der Waals surface area contributed by atoms with E-state index in [1.165, 1.54) is 5.69 Å². The highest BCUT2D eigenvalue weighted by atomic mass is 32.1. The highest BCUT2D eigenvalue weighted by Crippen LogP contribution is 2.25. The van der Waals surface area contributed by atoms with Gasteiger partial charge in [-0.2, -0.15) is 0 Å². The maximum Gasteiger partial charge on any atom is 0.263 e. The first kappa shape index (κ1) is 19.8. The molecule has 2 aromatic rings. The van der Waals surface area contributed by atoms with Crippen LogP contribution in [0.15, 0.2) is 35.9 Å². The number of aryl methyl sites for hydroxylation is 1. The van der Waals surface area contributed by atoms with Gasteiger partial charge in [-0.25, -0.2) is 0 Å². The summed E-state index contributed by atoms with van der Waals surface area (Å²) >= 11 is 4.84. The second-order valence-corrected chi connectivity index (χ2v) is 7.05. The summed E-state index contributed by atoms with van der Waals surface area (Å²) in [5, 5.41) is 4.96. The van der Waals surface area contributed by atoms with Crippen LogP contribution in [0.2, 0.25) is 0 Å². The third-order valence-electron chi connectivity index (χ3n) is 4.95. The van der Waals surface area contributed by atoms with Crippen molar-refractivity contribution >= 4 is 40.9 Å². The summed E-state index contributed by atoms with van der Waals surface area (Å²) in [5.41, 5.74) is 5.06. The molecule has 2 heterocycles. The second-order valence-electron chi connectivity index (χ2n) is 6.65. The van der Waals surface area contributed by atoms with E-state index in [2.05, 4.69) is 58.2 Å². The monoisotopic (exact) mass is 396 g/mol. The number of nitrogens with one attached hydrogen (secondary N) is 2. The minimum absolute atomic E-state index is 0.0333. The summed E-state index contributed by atoms with van der Waals surface area (Å²) in [6.07, 6.45) is 1.61. The fraction of sp³-hybridized carbons (Fsp3) is 0.286. The Kier molecular flexibility index (Phi) is 5.65. The Hall–Kier alpha value is -2.93. The van der Waals surface area contributed by atoms with E-state index < -0.39 is 11.8 Å². The minimum atomic E-state index is -0.484. The number of anilines is 1. The van der Waals surface area contributed by atoms with E-state index in [0.717, 1.165) is 35.7 Å². The molecule has 0 aliphatic carbocycles. The third-order valence-corrected chi connectivity index (χ3v) is 5.15. The van der Waals surface area contributed by atoms with Crippen molar-refractivity contribution in [2.24, 2.45) is 0 Å². The van der Waals surface area contributed by atoms with Gasteiger partial charge in [0.15, 0.2) is 5.11 Å².